The Balaban J connectivity index is 1.32. The molecule has 0 aliphatic heterocycles. The quantitative estimate of drug-likeness (QED) is 0.228. The zero-order valence-electron chi connectivity index (χ0n) is 21.0. The Kier molecular flexibility index (Phi) is 6.00. The van der Waals surface area contributed by atoms with Gasteiger partial charge >= 0.3 is 0 Å². The number of nitrogens with zero attached hydrogens (tertiary/aromatic N) is 3. The van der Waals surface area contributed by atoms with Gasteiger partial charge in [-0.2, -0.15) is 0 Å². The van der Waals surface area contributed by atoms with E-state index < -0.39 is 0 Å². The maximum atomic E-state index is 5.04. The molecule has 184 valence electrons. The van der Waals surface area contributed by atoms with Gasteiger partial charge in [-0.3, -0.25) is 0 Å². The Morgan fingerprint density at radius 1 is 0.385 bits per heavy atom. The molecule has 0 spiro atoms. The molecule has 2 heterocycles. The van der Waals surface area contributed by atoms with Crippen LogP contribution in [0.1, 0.15) is 0 Å². The SMILES string of the molecule is c1ccc(-c2ccc(-c3cc(-c4ccccc4)nc(-c4ccc5sc(-c6ccccc6)nc5c4)n3)cc2)cc1. The van der Waals surface area contributed by atoms with Gasteiger partial charge in [0, 0.05) is 22.3 Å². The fraction of sp³-hybridized carbons (Fsp3) is 0. The van der Waals surface area contributed by atoms with Crippen molar-refractivity contribution in [2.45, 2.75) is 0 Å². The first-order valence-electron chi connectivity index (χ1n) is 12.9. The summed E-state index contributed by atoms with van der Waals surface area (Å²) in [6, 6.07) is 48.0. The van der Waals surface area contributed by atoms with Gasteiger partial charge in [-0.15, -0.1) is 11.3 Å². The molecule has 4 heteroatoms. The van der Waals surface area contributed by atoms with E-state index in [1.165, 1.54) is 11.1 Å². The highest BCUT2D eigenvalue weighted by atomic mass is 32.1. The van der Waals surface area contributed by atoms with Crippen molar-refractivity contribution in [3.63, 3.8) is 0 Å². The van der Waals surface area contributed by atoms with Gasteiger partial charge in [-0.05, 0) is 35.4 Å². The summed E-state index contributed by atoms with van der Waals surface area (Å²) < 4.78 is 1.15. The van der Waals surface area contributed by atoms with Gasteiger partial charge in [0.25, 0.3) is 0 Å². The van der Waals surface area contributed by atoms with Crippen molar-refractivity contribution in [1.29, 1.82) is 0 Å². The number of hydrogen-bond donors (Lipinski definition) is 0. The molecule has 0 atom stereocenters. The number of aromatic nitrogens is 3. The van der Waals surface area contributed by atoms with E-state index >= 15 is 0 Å². The molecule has 7 aromatic rings. The molecule has 0 amide bonds. The summed E-state index contributed by atoms with van der Waals surface area (Å²) in [6.45, 7) is 0. The molecule has 0 saturated carbocycles. The first-order chi connectivity index (χ1) is 19.3. The minimum absolute atomic E-state index is 0.689. The molecule has 0 aliphatic rings. The largest absolute Gasteiger partial charge is 0.236 e. The normalized spacial score (nSPS) is 11.1. The van der Waals surface area contributed by atoms with Crippen LogP contribution in [0.15, 0.2) is 140 Å². The fourth-order valence-electron chi connectivity index (χ4n) is 4.72. The van der Waals surface area contributed by atoms with Crippen molar-refractivity contribution < 1.29 is 0 Å². The molecular weight excluding hydrogens is 494 g/mol. The van der Waals surface area contributed by atoms with Gasteiger partial charge in [-0.1, -0.05) is 115 Å². The van der Waals surface area contributed by atoms with Crippen molar-refractivity contribution >= 4 is 21.6 Å². The minimum Gasteiger partial charge on any atom is -0.236 e. The fourth-order valence-corrected chi connectivity index (χ4v) is 5.67. The van der Waals surface area contributed by atoms with Gasteiger partial charge in [0.05, 0.1) is 21.6 Å². The summed E-state index contributed by atoms with van der Waals surface area (Å²) in [4.78, 5) is 15.0. The lowest BCUT2D eigenvalue weighted by Gasteiger charge is -2.10. The van der Waals surface area contributed by atoms with Gasteiger partial charge < -0.3 is 0 Å². The zero-order chi connectivity index (χ0) is 26.0. The number of benzene rings is 5. The van der Waals surface area contributed by atoms with E-state index in [1.54, 1.807) is 11.3 Å². The maximum Gasteiger partial charge on any atom is 0.160 e. The van der Waals surface area contributed by atoms with Crippen molar-refractivity contribution in [3.05, 3.63) is 140 Å². The molecule has 3 nitrogen and oxygen atoms in total. The standard InChI is InChI=1S/C35H23N3S/c1-4-10-24(11-5-1)25-16-18-27(19-17-25)31-23-30(26-12-6-2-7-13-26)36-34(37-31)29-20-21-33-32(22-29)38-35(39-33)28-14-8-3-9-15-28/h1-23H. The monoisotopic (exact) mass is 517 g/mol. The third-order valence-electron chi connectivity index (χ3n) is 6.75. The van der Waals surface area contributed by atoms with Crippen molar-refractivity contribution in [2.75, 3.05) is 0 Å². The Labute approximate surface area is 231 Å². The van der Waals surface area contributed by atoms with Gasteiger partial charge in [0.15, 0.2) is 5.82 Å². The average molecular weight is 518 g/mol. The number of thiazole rings is 1. The van der Waals surface area contributed by atoms with Crippen LogP contribution in [0.5, 0.6) is 0 Å². The van der Waals surface area contributed by atoms with Crippen molar-refractivity contribution in [1.82, 2.24) is 15.0 Å². The van der Waals surface area contributed by atoms with Crippen LogP contribution in [0.3, 0.4) is 0 Å². The molecule has 7 rings (SSSR count). The molecule has 0 radical (unpaired) electrons. The molecule has 2 aromatic heterocycles. The van der Waals surface area contributed by atoms with Crippen LogP contribution in [0.25, 0.3) is 65.8 Å². The first-order valence-corrected chi connectivity index (χ1v) is 13.7. The van der Waals surface area contributed by atoms with E-state index in [4.69, 9.17) is 15.0 Å². The predicted octanol–water partition coefficient (Wildman–Crippen LogP) is 9.42. The molecule has 0 N–H and O–H groups in total. The molecule has 0 aliphatic carbocycles. The zero-order valence-corrected chi connectivity index (χ0v) is 21.8. The third-order valence-corrected chi connectivity index (χ3v) is 7.84. The third kappa shape index (κ3) is 4.74. The first kappa shape index (κ1) is 23.2. The average Bonchev–Trinajstić information content (AvgIpc) is 3.46. The van der Waals surface area contributed by atoms with Crippen LogP contribution in [0.4, 0.5) is 0 Å². The number of rotatable bonds is 5. The molecule has 0 unspecified atom stereocenters. The van der Waals surface area contributed by atoms with E-state index in [1.807, 2.05) is 42.5 Å². The van der Waals surface area contributed by atoms with E-state index in [9.17, 15) is 0 Å². The van der Waals surface area contributed by atoms with Crippen LogP contribution >= 0.6 is 11.3 Å². The van der Waals surface area contributed by atoms with E-state index in [2.05, 4.69) is 97.1 Å². The van der Waals surface area contributed by atoms with E-state index in [0.717, 1.165) is 48.9 Å². The Morgan fingerprint density at radius 2 is 0.872 bits per heavy atom. The summed E-state index contributed by atoms with van der Waals surface area (Å²) in [7, 11) is 0. The van der Waals surface area contributed by atoms with Gasteiger partial charge in [0.2, 0.25) is 0 Å². The van der Waals surface area contributed by atoms with Crippen molar-refractivity contribution in [2.24, 2.45) is 0 Å². The molecule has 39 heavy (non-hydrogen) atoms. The highest BCUT2D eigenvalue weighted by Gasteiger charge is 2.13. The highest BCUT2D eigenvalue weighted by molar-refractivity contribution is 7.21. The second-order valence-electron chi connectivity index (χ2n) is 9.34. The molecule has 0 saturated heterocycles. The van der Waals surface area contributed by atoms with Crippen LogP contribution in [-0.4, -0.2) is 15.0 Å². The Bertz CT molecular complexity index is 1880. The smallest absolute Gasteiger partial charge is 0.160 e. The molecular formula is C35H23N3S. The number of fused-ring (bicyclic) bond motifs is 1. The molecule has 5 aromatic carbocycles. The van der Waals surface area contributed by atoms with Gasteiger partial charge in [0.1, 0.15) is 5.01 Å². The second kappa shape index (κ2) is 10.1. The Morgan fingerprint density at radius 3 is 1.51 bits per heavy atom. The molecule has 0 fully saturated rings. The summed E-state index contributed by atoms with van der Waals surface area (Å²) in [5.41, 5.74) is 9.31. The number of hydrogen-bond acceptors (Lipinski definition) is 4. The second-order valence-corrected chi connectivity index (χ2v) is 10.4. The van der Waals surface area contributed by atoms with Crippen LogP contribution in [0, 0.1) is 0 Å². The minimum atomic E-state index is 0.689. The maximum absolute atomic E-state index is 5.04. The van der Waals surface area contributed by atoms with Gasteiger partial charge in [-0.25, -0.2) is 15.0 Å². The lowest BCUT2D eigenvalue weighted by Crippen LogP contribution is -1.96. The lowest BCUT2D eigenvalue weighted by molar-refractivity contribution is 1.18. The van der Waals surface area contributed by atoms with Crippen LogP contribution in [0.2, 0.25) is 0 Å². The van der Waals surface area contributed by atoms with Crippen molar-refractivity contribution in [3.8, 4) is 55.6 Å². The lowest BCUT2D eigenvalue weighted by atomic mass is 10.0. The van der Waals surface area contributed by atoms with Crippen LogP contribution in [-0.2, 0) is 0 Å². The van der Waals surface area contributed by atoms with Crippen LogP contribution < -0.4 is 0 Å². The summed E-state index contributed by atoms with van der Waals surface area (Å²) in [5, 5.41) is 1.01. The molecule has 0 bridgehead atoms. The summed E-state index contributed by atoms with van der Waals surface area (Å²) in [5.74, 6) is 0.689. The van der Waals surface area contributed by atoms with E-state index in [-0.39, 0.29) is 0 Å². The predicted molar refractivity (Wildman–Crippen MR) is 162 cm³/mol. The topological polar surface area (TPSA) is 38.7 Å². The van der Waals surface area contributed by atoms with E-state index in [0.29, 0.717) is 5.82 Å². The summed E-state index contributed by atoms with van der Waals surface area (Å²) >= 11 is 1.70. The summed E-state index contributed by atoms with van der Waals surface area (Å²) in [6.07, 6.45) is 0. The Hall–Kier alpha value is -4.93. The highest BCUT2D eigenvalue weighted by Crippen LogP contribution is 2.34.